The number of carbonyl (C=O) groups is 2. The normalized spacial score (nSPS) is 21.1. The maximum Gasteiger partial charge on any atom is 0.407 e. The van der Waals surface area contributed by atoms with Crippen molar-refractivity contribution < 1.29 is 19.4 Å². The van der Waals surface area contributed by atoms with E-state index in [2.05, 4.69) is 17.4 Å². The molecule has 0 aliphatic heterocycles. The first-order chi connectivity index (χ1) is 11.4. The first kappa shape index (κ1) is 18.3. The number of hydrogen-bond acceptors (Lipinski definition) is 3. The SMILES string of the molecule is CC(C)(CCc1ccccc1)OC(=O)NC1CCC(C(=O)O)CC1. The number of carboxylic acids is 1. The van der Waals surface area contributed by atoms with Gasteiger partial charge in [-0.15, -0.1) is 0 Å². The Kier molecular flexibility index (Phi) is 6.23. The molecule has 1 amide bonds. The second-order valence-corrected chi connectivity index (χ2v) is 7.17. The molecule has 0 saturated heterocycles. The lowest BCUT2D eigenvalue weighted by Gasteiger charge is -2.29. The van der Waals surface area contributed by atoms with E-state index in [4.69, 9.17) is 9.84 Å². The van der Waals surface area contributed by atoms with Crippen molar-refractivity contribution in [3.8, 4) is 0 Å². The summed E-state index contributed by atoms with van der Waals surface area (Å²) >= 11 is 0. The summed E-state index contributed by atoms with van der Waals surface area (Å²) in [5, 5.41) is 11.9. The molecule has 5 heteroatoms. The summed E-state index contributed by atoms with van der Waals surface area (Å²) in [5.41, 5.74) is 0.680. The molecule has 0 spiro atoms. The Bertz CT molecular complexity index is 548. The first-order valence-corrected chi connectivity index (χ1v) is 8.62. The second-order valence-electron chi connectivity index (χ2n) is 7.17. The maximum atomic E-state index is 12.1. The predicted octanol–water partition coefficient (Wildman–Crippen LogP) is 3.77. The van der Waals surface area contributed by atoms with Crippen molar-refractivity contribution in [3.05, 3.63) is 35.9 Å². The zero-order valence-electron chi connectivity index (χ0n) is 14.5. The van der Waals surface area contributed by atoms with Crippen molar-refractivity contribution in [1.29, 1.82) is 0 Å². The van der Waals surface area contributed by atoms with Crippen molar-refractivity contribution in [2.75, 3.05) is 0 Å². The van der Waals surface area contributed by atoms with Gasteiger partial charge in [-0.3, -0.25) is 4.79 Å². The molecule has 1 saturated carbocycles. The second kappa shape index (κ2) is 8.18. The van der Waals surface area contributed by atoms with Crippen LogP contribution in [0.3, 0.4) is 0 Å². The van der Waals surface area contributed by atoms with Crippen LogP contribution < -0.4 is 5.32 Å². The Hall–Kier alpha value is -2.04. The number of amides is 1. The number of hydrogen-bond donors (Lipinski definition) is 2. The monoisotopic (exact) mass is 333 g/mol. The van der Waals surface area contributed by atoms with Gasteiger partial charge in [-0.05, 0) is 57.9 Å². The zero-order valence-corrected chi connectivity index (χ0v) is 14.5. The molecule has 5 nitrogen and oxygen atoms in total. The van der Waals surface area contributed by atoms with E-state index in [0.717, 1.165) is 12.8 Å². The molecule has 0 radical (unpaired) electrons. The Morgan fingerprint density at radius 2 is 1.79 bits per heavy atom. The van der Waals surface area contributed by atoms with Gasteiger partial charge in [0.2, 0.25) is 0 Å². The fraction of sp³-hybridized carbons (Fsp3) is 0.579. The van der Waals surface area contributed by atoms with E-state index in [1.165, 1.54) is 5.56 Å². The molecule has 0 heterocycles. The summed E-state index contributed by atoms with van der Waals surface area (Å²) in [6.45, 7) is 3.83. The highest BCUT2D eigenvalue weighted by Crippen LogP contribution is 2.25. The Balaban J connectivity index is 1.73. The number of nitrogens with one attached hydrogen (secondary N) is 1. The summed E-state index contributed by atoms with van der Waals surface area (Å²) in [4.78, 5) is 23.1. The van der Waals surface area contributed by atoms with Crippen LogP contribution in [-0.4, -0.2) is 28.8 Å². The van der Waals surface area contributed by atoms with Crippen molar-refractivity contribution in [1.82, 2.24) is 5.32 Å². The fourth-order valence-corrected chi connectivity index (χ4v) is 3.07. The summed E-state index contributed by atoms with van der Waals surface area (Å²) < 4.78 is 5.57. The van der Waals surface area contributed by atoms with E-state index in [9.17, 15) is 9.59 Å². The van der Waals surface area contributed by atoms with Crippen molar-refractivity contribution in [2.45, 2.75) is 64.0 Å². The highest BCUT2D eigenvalue weighted by atomic mass is 16.6. The molecular weight excluding hydrogens is 306 g/mol. The van der Waals surface area contributed by atoms with Crippen LogP contribution in [0.4, 0.5) is 4.79 Å². The van der Waals surface area contributed by atoms with Gasteiger partial charge in [0.15, 0.2) is 0 Å². The van der Waals surface area contributed by atoms with Crippen molar-refractivity contribution >= 4 is 12.1 Å². The Morgan fingerprint density at radius 3 is 2.38 bits per heavy atom. The van der Waals surface area contributed by atoms with Crippen LogP contribution in [0.2, 0.25) is 0 Å². The van der Waals surface area contributed by atoms with E-state index in [-0.39, 0.29) is 12.0 Å². The van der Waals surface area contributed by atoms with E-state index in [0.29, 0.717) is 25.7 Å². The van der Waals surface area contributed by atoms with Gasteiger partial charge < -0.3 is 15.2 Å². The van der Waals surface area contributed by atoms with Gasteiger partial charge in [0.05, 0.1) is 5.92 Å². The van der Waals surface area contributed by atoms with Gasteiger partial charge in [-0.25, -0.2) is 4.79 Å². The van der Waals surface area contributed by atoms with Crippen LogP contribution >= 0.6 is 0 Å². The van der Waals surface area contributed by atoms with Crippen molar-refractivity contribution in [3.63, 3.8) is 0 Å². The average molecular weight is 333 g/mol. The molecule has 1 fully saturated rings. The smallest absolute Gasteiger partial charge is 0.407 e. The lowest BCUT2D eigenvalue weighted by atomic mass is 9.86. The van der Waals surface area contributed by atoms with Gasteiger partial charge in [-0.1, -0.05) is 30.3 Å². The zero-order chi connectivity index (χ0) is 17.6. The van der Waals surface area contributed by atoms with Gasteiger partial charge in [-0.2, -0.15) is 0 Å². The predicted molar refractivity (Wildman–Crippen MR) is 91.8 cm³/mol. The van der Waals surface area contributed by atoms with E-state index < -0.39 is 17.7 Å². The number of rotatable bonds is 6. The molecule has 2 rings (SSSR count). The molecule has 0 aromatic heterocycles. The molecule has 0 unspecified atom stereocenters. The van der Waals surface area contributed by atoms with E-state index in [1.54, 1.807) is 0 Å². The minimum Gasteiger partial charge on any atom is -0.481 e. The van der Waals surface area contributed by atoms with Crippen LogP contribution in [0.15, 0.2) is 30.3 Å². The highest BCUT2D eigenvalue weighted by molar-refractivity contribution is 5.70. The molecule has 132 valence electrons. The Morgan fingerprint density at radius 1 is 1.17 bits per heavy atom. The first-order valence-electron chi connectivity index (χ1n) is 8.62. The largest absolute Gasteiger partial charge is 0.481 e. The number of carbonyl (C=O) groups excluding carboxylic acids is 1. The number of aryl methyl sites for hydroxylation is 1. The molecule has 1 aliphatic rings. The third kappa shape index (κ3) is 5.87. The molecule has 0 bridgehead atoms. The third-order valence-electron chi connectivity index (χ3n) is 4.63. The van der Waals surface area contributed by atoms with Crippen LogP contribution in [0.25, 0.3) is 0 Å². The van der Waals surface area contributed by atoms with E-state index >= 15 is 0 Å². The summed E-state index contributed by atoms with van der Waals surface area (Å²) in [7, 11) is 0. The minimum absolute atomic E-state index is 0.0121. The average Bonchev–Trinajstić information content (AvgIpc) is 2.54. The Labute approximate surface area is 143 Å². The summed E-state index contributed by atoms with van der Waals surface area (Å²) in [6, 6.07) is 10.1. The highest BCUT2D eigenvalue weighted by Gasteiger charge is 2.29. The van der Waals surface area contributed by atoms with Gasteiger partial charge >= 0.3 is 12.1 Å². The molecule has 1 aliphatic carbocycles. The van der Waals surface area contributed by atoms with Gasteiger partial charge in [0.1, 0.15) is 5.60 Å². The number of benzene rings is 1. The third-order valence-corrected chi connectivity index (χ3v) is 4.63. The van der Waals surface area contributed by atoms with Crippen molar-refractivity contribution in [2.24, 2.45) is 5.92 Å². The van der Waals surface area contributed by atoms with E-state index in [1.807, 2.05) is 32.0 Å². The maximum absolute atomic E-state index is 12.1. The molecule has 0 atom stereocenters. The summed E-state index contributed by atoms with van der Waals surface area (Å²) in [5.74, 6) is -1.01. The number of alkyl carbamates (subject to hydrolysis) is 1. The van der Waals surface area contributed by atoms with Crippen LogP contribution in [0.5, 0.6) is 0 Å². The van der Waals surface area contributed by atoms with Gasteiger partial charge in [0.25, 0.3) is 0 Å². The lowest BCUT2D eigenvalue weighted by molar-refractivity contribution is -0.142. The lowest BCUT2D eigenvalue weighted by Crippen LogP contribution is -2.42. The molecule has 1 aromatic rings. The quantitative estimate of drug-likeness (QED) is 0.831. The standard InChI is InChI=1S/C19H27NO4/c1-19(2,13-12-14-6-4-3-5-7-14)24-18(23)20-16-10-8-15(9-11-16)17(21)22/h3-7,15-16H,8-13H2,1-2H3,(H,20,23)(H,21,22). The van der Waals surface area contributed by atoms with Crippen LogP contribution in [-0.2, 0) is 16.0 Å². The molecule has 2 N–H and O–H groups in total. The number of aliphatic carboxylic acids is 1. The van der Waals surface area contributed by atoms with Crippen LogP contribution in [0, 0.1) is 5.92 Å². The topological polar surface area (TPSA) is 75.6 Å². The fourth-order valence-electron chi connectivity index (χ4n) is 3.07. The minimum atomic E-state index is -0.738. The number of carboxylic acid groups (broad SMARTS) is 1. The molecular formula is C19H27NO4. The summed E-state index contributed by atoms with van der Waals surface area (Å²) in [6.07, 6.45) is 3.79. The van der Waals surface area contributed by atoms with Gasteiger partial charge in [0, 0.05) is 6.04 Å². The molecule has 1 aromatic carbocycles. The molecule has 24 heavy (non-hydrogen) atoms. The van der Waals surface area contributed by atoms with Crippen LogP contribution in [0.1, 0.15) is 51.5 Å². The number of ether oxygens (including phenoxy) is 1.